The minimum Gasteiger partial charge on any atom is -0.496 e. The molecular weight excluding hydrogens is 590 g/mol. The number of aromatic nitrogens is 1. The first-order valence-electron chi connectivity index (χ1n) is 13.9. The van der Waals surface area contributed by atoms with E-state index in [4.69, 9.17) is 28.4 Å². The number of nitro groups is 1. The Bertz CT molecular complexity index is 2000. The number of carbonyl (C=O) groups is 1. The van der Waals surface area contributed by atoms with Gasteiger partial charge in [-0.3, -0.25) is 19.5 Å². The molecular formula is C31H27N3O9S. The SMILES string of the molecule is CCCC1=C(C(=O)OCC)C(c2ccc3c(c2)OCO3)n2c(s/c(=C\c3ccc(-c4cc([N+](=O)[O-])ccc4OC)o3)c2=O)=N1. The molecule has 226 valence electrons. The molecule has 0 radical (unpaired) electrons. The van der Waals surface area contributed by atoms with E-state index in [0.29, 0.717) is 66.9 Å². The van der Waals surface area contributed by atoms with E-state index in [2.05, 4.69) is 0 Å². The van der Waals surface area contributed by atoms with Crippen LogP contribution < -0.4 is 29.1 Å². The molecule has 4 heterocycles. The first-order chi connectivity index (χ1) is 21.3. The fourth-order valence-electron chi connectivity index (χ4n) is 5.23. The number of methoxy groups -OCH3 is 1. The van der Waals surface area contributed by atoms with Crippen LogP contribution in [0.5, 0.6) is 17.2 Å². The summed E-state index contributed by atoms with van der Waals surface area (Å²) in [5, 5.41) is 11.4. The molecule has 13 heteroatoms. The van der Waals surface area contributed by atoms with Crippen molar-refractivity contribution in [2.24, 2.45) is 4.99 Å². The monoisotopic (exact) mass is 617 g/mol. The number of furan rings is 1. The number of non-ortho nitro benzene ring substituents is 1. The van der Waals surface area contributed by atoms with Gasteiger partial charge in [0.1, 0.15) is 17.3 Å². The Balaban J connectivity index is 1.49. The lowest BCUT2D eigenvalue weighted by Crippen LogP contribution is -2.40. The van der Waals surface area contributed by atoms with Gasteiger partial charge >= 0.3 is 5.97 Å². The van der Waals surface area contributed by atoms with E-state index in [1.807, 2.05) is 6.92 Å². The average Bonchev–Trinajstić information content (AvgIpc) is 3.75. The Morgan fingerprint density at radius 2 is 1.98 bits per heavy atom. The highest BCUT2D eigenvalue weighted by Crippen LogP contribution is 2.39. The van der Waals surface area contributed by atoms with Crippen molar-refractivity contribution in [1.29, 1.82) is 0 Å². The van der Waals surface area contributed by atoms with Crippen LogP contribution >= 0.6 is 11.3 Å². The van der Waals surface area contributed by atoms with Crippen molar-refractivity contribution in [3.63, 3.8) is 0 Å². The summed E-state index contributed by atoms with van der Waals surface area (Å²) in [6, 6.07) is 12.0. The summed E-state index contributed by atoms with van der Waals surface area (Å²) in [4.78, 5) is 43.5. The summed E-state index contributed by atoms with van der Waals surface area (Å²) in [6.45, 7) is 3.96. The zero-order valence-electron chi connectivity index (χ0n) is 24.0. The van der Waals surface area contributed by atoms with E-state index in [9.17, 15) is 19.7 Å². The smallest absolute Gasteiger partial charge is 0.338 e. The van der Waals surface area contributed by atoms with Crippen molar-refractivity contribution in [3.8, 4) is 28.6 Å². The molecule has 0 spiro atoms. The van der Waals surface area contributed by atoms with E-state index in [1.54, 1.807) is 43.3 Å². The molecule has 2 aliphatic rings. The summed E-state index contributed by atoms with van der Waals surface area (Å²) in [5.41, 5.74) is 1.40. The van der Waals surface area contributed by atoms with Crippen LogP contribution in [-0.2, 0) is 9.53 Å². The van der Waals surface area contributed by atoms with Gasteiger partial charge in [0.15, 0.2) is 16.3 Å². The number of ether oxygens (including phenoxy) is 4. The molecule has 0 aliphatic carbocycles. The molecule has 2 aliphatic heterocycles. The Hall–Kier alpha value is -5.17. The molecule has 1 atom stereocenters. The van der Waals surface area contributed by atoms with Crippen LogP contribution in [0.25, 0.3) is 17.4 Å². The third kappa shape index (κ3) is 5.15. The highest BCUT2D eigenvalue weighted by Gasteiger charge is 2.35. The number of fused-ring (bicyclic) bond motifs is 2. The van der Waals surface area contributed by atoms with Crippen LogP contribution in [0.15, 0.2) is 74.0 Å². The molecule has 0 amide bonds. The first kappa shape index (κ1) is 28.9. The maximum absolute atomic E-state index is 14.0. The summed E-state index contributed by atoms with van der Waals surface area (Å²) < 4.78 is 29.7. The molecule has 2 aromatic heterocycles. The number of rotatable bonds is 9. The molecule has 4 aromatic rings. The Morgan fingerprint density at radius 1 is 1.16 bits per heavy atom. The molecule has 0 saturated heterocycles. The number of thiazole rings is 1. The van der Waals surface area contributed by atoms with Gasteiger partial charge in [-0.1, -0.05) is 30.7 Å². The van der Waals surface area contributed by atoms with Gasteiger partial charge in [-0.2, -0.15) is 0 Å². The van der Waals surface area contributed by atoms with Crippen LogP contribution in [0.2, 0.25) is 0 Å². The molecule has 6 rings (SSSR count). The second-order valence-corrected chi connectivity index (χ2v) is 10.9. The topological polar surface area (TPSA) is 145 Å². The molecule has 2 aromatic carbocycles. The van der Waals surface area contributed by atoms with Crippen molar-refractivity contribution in [2.75, 3.05) is 20.5 Å². The Morgan fingerprint density at radius 3 is 2.73 bits per heavy atom. The zero-order valence-corrected chi connectivity index (χ0v) is 24.8. The maximum Gasteiger partial charge on any atom is 0.338 e. The van der Waals surface area contributed by atoms with E-state index in [-0.39, 0.29) is 24.6 Å². The predicted molar refractivity (Wildman–Crippen MR) is 160 cm³/mol. The van der Waals surface area contributed by atoms with Crippen molar-refractivity contribution >= 4 is 29.1 Å². The summed E-state index contributed by atoms with van der Waals surface area (Å²) in [6.07, 6.45) is 2.81. The van der Waals surface area contributed by atoms with Gasteiger partial charge in [0, 0.05) is 18.2 Å². The fraction of sp³-hybridized carbons (Fsp3) is 0.258. The quantitative estimate of drug-likeness (QED) is 0.151. The number of nitro benzene ring substituents is 1. The van der Waals surface area contributed by atoms with Gasteiger partial charge in [0.25, 0.3) is 11.2 Å². The second kappa shape index (κ2) is 11.8. The molecule has 0 bridgehead atoms. The van der Waals surface area contributed by atoms with Crippen molar-refractivity contribution < 1.29 is 33.1 Å². The number of allylic oxidation sites excluding steroid dienone is 1. The highest BCUT2D eigenvalue weighted by molar-refractivity contribution is 7.07. The van der Waals surface area contributed by atoms with Crippen molar-refractivity contribution in [2.45, 2.75) is 32.7 Å². The molecule has 1 unspecified atom stereocenters. The van der Waals surface area contributed by atoms with E-state index in [1.165, 1.54) is 41.2 Å². The van der Waals surface area contributed by atoms with Crippen LogP contribution in [0, 0.1) is 10.1 Å². The first-order valence-corrected chi connectivity index (χ1v) is 14.7. The third-order valence-electron chi connectivity index (χ3n) is 7.16. The summed E-state index contributed by atoms with van der Waals surface area (Å²) in [5.74, 6) is 1.62. The normalized spacial score (nSPS) is 15.6. The standard InChI is InChI=1S/C31H27N3O9S/c1-4-6-21-27(30(36)40-5-2)28(17-7-10-24-25(13-17)42-16-41-24)33-29(35)26(44-31(33)32-21)15-19-9-12-23(43-19)20-14-18(34(37)38)8-11-22(20)39-3/h7-15,28H,4-6,16H2,1-3H3/b26-15-. The third-order valence-corrected chi connectivity index (χ3v) is 8.15. The van der Waals surface area contributed by atoms with Crippen LogP contribution in [-0.4, -0.2) is 36.0 Å². The van der Waals surface area contributed by atoms with E-state index >= 15 is 0 Å². The van der Waals surface area contributed by atoms with Crippen molar-refractivity contribution in [3.05, 3.63) is 101 Å². The molecule has 44 heavy (non-hydrogen) atoms. The van der Waals surface area contributed by atoms with Gasteiger partial charge in [-0.15, -0.1) is 0 Å². The molecule has 0 fully saturated rings. The fourth-order valence-corrected chi connectivity index (χ4v) is 6.23. The van der Waals surface area contributed by atoms with Crippen LogP contribution in [0.3, 0.4) is 0 Å². The number of benzene rings is 2. The lowest BCUT2D eigenvalue weighted by molar-refractivity contribution is -0.384. The van der Waals surface area contributed by atoms with Crippen LogP contribution in [0.4, 0.5) is 5.69 Å². The number of esters is 1. The number of hydrogen-bond acceptors (Lipinski definition) is 11. The zero-order chi connectivity index (χ0) is 31.0. The lowest BCUT2D eigenvalue weighted by Gasteiger charge is -2.25. The molecule has 12 nitrogen and oxygen atoms in total. The number of carbonyl (C=O) groups excluding carboxylic acids is 1. The Kier molecular flexibility index (Phi) is 7.78. The minimum absolute atomic E-state index is 0.0799. The van der Waals surface area contributed by atoms with Gasteiger partial charge in [0.05, 0.1) is 46.0 Å². The minimum atomic E-state index is -0.815. The predicted octanol–water partition coefficient (Wildman–Crippen LogP) is 4.48. The summed E-state index contributed by atoms with van der Waals surface area (Å²) >= 11 is 1.17. The molecule has 0 saturated carbocycles. The second-order valence-electron chi connectivity index (χ2n) is 9.87. The lowest BCUT2D eigenvalue weighted by atomic mass is 9.94. The van der Waals surface area contributed by atoms with Crippen molar-refractivity contribution in [1.82, 2.24) is 4.57 Å². The van der Waals surface area contributed by atoms with Gasteiger partial charge < -0.3 is 23.4 Å². The van der Waals surface area contributed by atoms with Crippen LogP contribution in [0.1, 0.15) is 44.1 Å². The van der Waals surface area contributed by atoms with Gasteiger partial charge in [0.2, 0.25) is 6.79 Å². The average molecular weight is 618 g/mol. The van der Waals surface area contributed by atoms with Gasteiger partial charge in [-0.05, 0) is 49.2 Å². The highest BCUT2D eigenvalue weighted by atomic mass is 32.1. The molecule has 0 N–H and O–H groups in total. The van der Waals surface area contributed by atoms with E-state index < -0.39 is 16.9 Å². The maximum atomic E-state index is 14.0. The number of hydrogen-bond donors (Lipinski definition) is 0. The van der Waals surface area contributed by atoms with Gasteiger partial charge in [-0.25, -0.2) is 9.79 Å². The number of nitrogens with zero attached hydrogens (tertiary/aromatic N) is 3. The summed E-state index contributed by atoms with van der Waals surface area (Å²) in [7, 11) is 1.46. The largest absolute Gasteiger partial charge is 0.496 e. The van der Waals surface area contributed by atoms with E-state index in [0.717, 1.165) is 6.42 Å². The Labute approximate surface area is 254 Å².